The Morgan fingerprint density at radius 1 is 1.00 bits per heavy atom. The van der Waals surface area contributed by atoms with Crippen LogP contribution in [0.15, 0.2) is 60.7 Å². The summed E-state index contributed by atoms with van der Waals surface area (Å²) < 4.78 is 13.9. The second-order valence-corrected chi connectivity index (χ2v) is 6.55. The first kappa shape index (κ1) is 17.3. The average molecular weight is 448 g/mol. The van der Waals surface area contributed by atoms with Crippen LogP contribution in [0.1, 0.15) is 10.4 Å². The van der Waals surface area contributed by atoms with Crippen LogP contribution in [0.2, 0.25) is 0 Å². The first-order valence-corrected chi connectivity index (χ1v) is 8.63. The molecule has 126 valence electrons. The molecule has 3 aromatic carbocycles. The number of anilines is 1. The highest BCUT2D eigenvalue weighted by molar-refractivity contribution is 14.1. The Morgan fingerprint density at radius 2 is 1.76 bits per heavy atom. The predicted octanol–water partition coefficient (Wildman–Crippen LogP) is 3.95. The molecule has 0 aliphatic carbocycles. The molecule has 2 amide bonds. The highest BCUT2D eigenvalue weighted by Crippen LogP contribution is 2.22. The van der Waals surface area contributed by atoms with Crippen molar-refractivity contribution in [2.45, 2.75) is 0 Å². The number of hydrogen-bond acceptors (Lipinski definition) is 2. The molecule has 0 aliphatic rings. The normalized spacial score (nSPS) is 10.5. The van der Waals surface area contributed by atoms with Crippen molar-refractivity contribution in [3.63, 3.8) is 0 Å². The van der Waals surface area contributed by atoms with Crippen LogP contribution in [0.4, 0.5) is 10.1 Å². The van der Waals surface area contributed by atoms with Crippen LogP contribution in [-0.4, -0.2) is 18.4 Å². The van der Waals surface area contributed by atoms with Gasteiger partial charge >= 0.3 is 0 Å². The zero-order valence-electron chi connectivity index (χ0n) is 13.1. The quantitative estimate of drug-likeness (QED) is 0.594. The Balaban J connectivity index is 1.64. The van der Waals surface area contributed by atoms with Crippen molar-refractivity contribution in [2.24, 2.45) is 0 Å². The van der Waals surface area contributed by atoms with Gasteiger partial charge in [-0.15, -0.1) is 0 Å². The summed E-state index contributed by atoms with van der Waals surface area (Å²) in [5.74, 6) is -1.31. The van der Waals surface area contributed by atoms with Gasteiger partial charge in [-0.25, -0.2) is 4.39 Å². The minimum atomic E-state index is -0.497. The van der Waals surface area contributed by atoms with Crippen LogP contribution in [0, 0.1) is 9.39 Å². The number of rotatable bonds is 4. The van der Waals surface area contributed by atoms with Gasteiger partial charge in [0.25, 0.3) is 5.91 Å². The molecule has 0 atom stereocenters. The van der Waals surface area contributed by atoms with E-state index < -0.39 is 11.7 Å². The molecular weight excluding hydrogens is 434 g/mol. The van der Waals surface area contributed by atoms with Gasteiger partial charge in [-0.3, -0.25) is 9.59 Å². The molecule has 2 N–H and O–H groups in total. The van der Waals surface area contributed by atoms with E-state index in [1.165, 1.54) is 12.1 Å². The lowest BCUT2D eigenvalue weighted by atomic mass is 10.1. The van der Waals surface area contributed by atoms with Crippen LogP contribution in [0.3, 0.4) is 0 Å². The maximum absolute atomic E-state index is 13.5. The Morgan fingerprint density at radius 3 is 2.56 bits per heavy atom. The van der Waals surface area contributed by atoms with Crippen LogP contribution < -0.4 is 10.6 Å². The molecule has 3 rings (SSSR count). The molecule has 0 bridgehead atoms. The van der Waals surface area contributed by atoms with E-state index in [4.69, 9.17) is 0 Å². The average Bonchev–Trinajstić information content (AvgIpc) is 2.62. The summed E-state index contributed by atoms with van der Waals surface area (Å²) in [4.78, 5) is 24.1. The SMILES string of the molecule is O=C(CNC(=O)c1ccc(I)c(F)c1)Nc1cccc2ccccc12. The second kappa shape index (κ2) is 7.60. The van der Waals surface area contributed by atoms with Crippen molar-refractivity contribution < 1.29 is 14.0 Å². The second-order valence-electron chi connectivity index (χ2n) is 5.39. The van der Waals surface area contributed by atoms with Crippen molar-refractivity contribution in [1.82, 2.24) is 5.32 Å². The number of nitrogens with one attached hydrogen (secondary N) is 2. The maximum atomic E-state index is 13.5. The third-order valence-electron chi connectivity index (χ3n) is 3.66. The molecule has 4 nitrogen and oxygen atoms in total. The minimum absolute atomic E-state index is 0.177. The van der Waals surface area contributed by atoms with Gasteiger partial charge < -0.3 is 10.6 Å². The smallest absolute Gasteiger partial charge is 0.251 e. The summed E-state index contributed by atoms with van der Waals surface area (Å²) >= 11 is 1.84. The number of amides is 2. The van der Waals surface area contributed by atoms with Gasteiger partial charge in [-0.05, 0) is 52.2 Å². The first-order valence-electron chi connectivity index (χ1n) is 7.55. The minimum Gasteiger partial charge on any atom is -0.343 e. The standard InChI is InChI=1S/C19H14FIN2O2/c20-15-10-13(8-9-16(15)21)19(25)22-11-18(24)23-17-7-3-5-12-4-1-2-6-14(12)17/h1-10H,11H2,(H,22,25)(H,23,24). The number of carbonyl (C=O) groups excluding carboxylic acids is 2. The van der Waals surface area contributed by atoms with E-state index in [2.05, 4.69) is 10.6 Å². The van der Waals surface area contributed by atoms with E-state index in [9.17, 15) is 14.0 Å². The highest BCUT2D eigenvalue weighted by Gasteiger charge is 2.11. The predicted molar refractivity (Wildman–Crippen MR) is 104 cm³/mol. The van der Waals surface area contributed by atoms with Crippen LogP contribution in [-0.2, 0) is 4.79 Å². The molecule has 0 saturated carbocycles. The van der Waals surface area contributed by atoms with Gasteiger partial charge in [0, 0.05) is 20.2 Å². The summed E-state index contributed by atoms with van der Waals surface area (Å²) in [7, 11) is 0. The number of benzene rings is 3. The van der Waals surface area contributed by atoms with Gasteiger partial charge in [0.05, 0.1) is 6.54 Å². The van der Waals surface area contributed by atoms with Gasteiger partial charge in [-0.1, -0.05) is 36.4 Å². The molecule has 0 radical (unpaired) electrons. The van der Waals surface area contributed by atoms with Crippen molar-refractivity contribution in [2.75, 3.05) is 11.9 Å². The number of halogens is 2. The largest absolute Gasteiger partial charge is 0.343 e. The summed E-state index contributed by atoms with van der Waals surface area (Å²) in [6.07, 6.45) is 0. The third-order valence-corrected chi connectivity index (χ3v) is 4.53. The molecule has 0 unspecified atom stereocenters. The van der Waals surface area contributed by atoms with Crippen LogP contribution in [0.5, 0.6) is 0 Å². The Kier molecular flexibility index (Phi) is 5.28. The lowest BCUT2D eigenvalue weighted by Gasteiger charge is -2.10. The van der Waals surface area contributed by atoms with Crippen molar-refractivity contribution in [3.8, 4) is 0 Å². The van der Waals surface area contributed by atoms with E-state index in [1.54, 1.807) is 6.07 Å². The van der Waals surface area contributed by atoms with Crippen molar-refractivity contribution in [1.29, 1.82) is 0 Å². The summed E-state index contributed by atoms with van der Waals surface area (Å²) in [5.41, 5.74) is 0.855. The topological polar surface area (TPSA) is 58.2 Å². The zero-order chi connectivity index (χ0) is 17.8. The molecule has 0 aliphatic heterocycles. The monoisotopic (exact) mass is 448 g/mol. The fourth-order valence-corrected chi connectivity index (χ4v) is 2.76. The Labute approximate surface area is 157 Å². The number of fused-ring (bicyclic) bond motifs is 1. The molecular formula is C19H14FIN2O2. The first-order chi connectivity index (χ1) is 12.0. The molecule has 25 heavy (non-hydrogen) atoms. The zero-order valence-corrected chi connectivity index (χ0v) is 15.2. The van der Waals surface area contributed by atoms with Crippen molar-refractivity contribution in [3.05, 3.63) is 75.6 Å². The van der Waals surface area contributed by atoms with E-state index in [0.29, 0.717) is 9.26 Å². The van der Waals surface area contributed by atoms with Crippen molar-refractivity contribution >= 4 is 50.9 Å². The molecule has 3 aromatic rings. The van der Waals surface area contributed by atoms with E-state index >= 15 is 0 Å². The third kappa shape index (κ3) is 4.14. The summed E-state index contributed by atoms with van der Waals surface area (Å²) in [5, 5.41) is 7.21. The molecule has 6 heteroatoms. The highest BCUT2D eigenvalue weighted by atomic mass is 127. The summed E-state index contributed by atoms with van der Waals surface area (Å²) in [6, 6.07) is 17.5. The van der Waals surface area contributed by atoms with E-state index in [1.807, 2.05) is 59.0 Å². The van der Waals surface area contributed by atoms with Gasteiger partial charge in [0.2, 0.25) is 5.91 Å². The fraction of sp³-hybridized carbons (Fsp3) is 0.0526. The number of carbonyl (C=O) groups is 2. The molecule has 0 fully saturated rings. The lowest BCUT2D eigenvalue weighted by molar-refractivity contribution is -0.115. The molecule has 0 saturated heterocycles. The van der Waals surface area contributed by atoms with E-state index in [0.717, 1.165) is 16.8 Å². The Bertz CT molecular complexity index is 954. The number of hydrogen-bond donors (Lipinski definition) is 2. The molecule has 0 spiro atoms. The van der Waals surface area contributed by atoms with Gasteiger partial charge in [-0.2, -0.15) is 0 Å². The Hall–Kier alpha value is -2.48. The molecule has 0 heterocycles. The van der Waals surface area contributed by atoms with E-state index in [-0.39, 0.29) is 18.0 Å². The lowest BCUT2D eigenvalue weighted by Crippen LogP contribution is -2.32. The fourth-order valence-electron chi connectivity index (χ4n) is 2.43. The van der Waals surface area contributed by atoms with Crippen LogP contribution >= 0.6 is 22.6 Å². The molecule has 0 aromatic heterocycles. The maximum Gasteiger partial charge on any atom is 0.251 e. The van der Waals surface area contributed by atoms with Crippen LogP contribution in [0.25, 0.3) is 10.8 Å². The van der Waals surface area contributed by atoms with Gasteiger partial charge in [0.15, 0.2) is 0 Å². The van der Waals surface area contributed by atoms with Gasteiger partial charge in [0.1, 0.15) is 5.82 Å². The summed E-state index contributed by atoms with van der Waals surface area (Å²) in [6.45, 7) is -0.199.